The molecule has 0 bridgehead atoms. The van der Waals surface area contributed by atoms with E-state index in [2.05, 4.69) is 10.3 Å². The number of piperidine rings is 1. The fourth-order valence-corrected chi connectivity index (χ4v) is 4.71. The van der Waals surface area contributed by atoms with Crippen molar-refractivity contribution in [1.82, 2.24) is 9.29 Å². The molecule has 158 valence electrons. The zero-order valence-corrected chi connectivity index (χ0v) is 17.0. The van der Waals surface area contributed by atoms with E-state index in [4.69, 9.17) is 0 Å². The average molecular weight is 432 g/mol. The number of hydrogen-bond donors (Lipinski definition) is 1. The molecular weight excluding hydrogens is 412 g/mol. The average Bonchev–Trinajstić information content (AvgIpc) is 2.74. The molecule has 1 aromatic heterocycles. The van der Waals surface area contributed by atoms with E-state index in [9.17, 15) is 28.1 Å². The van der Waals surface area contributed by atoms with Gasteiger partial charge in [-0.25, -0.2) is 8.42 Å². The first-order valence-corrected chi connectivity index (χ1v) is 10.6. The molecule has 1 fully saturated rings. The molecule has 0 radical (unpaired) electrons. The number of ketones is 1. The first-order chi connectivity index (χ1) is 14.2. The number of pyridine rings is 1. The van der Waals surface area contributed by atoms with Crippen LogP contribution in [0, 0.1) is 16.0 Å². The minimum absolute atomic E-state index is 0.0561. The summed E-state index contributed by atoms with van der Waals surface area (Å²) >= 11 is 0. The molecule has 1 N–H and O–H groups in total. The number of aromatic nitrogens is 1. The lowest BCUT2D eigenvalue weighted by molar-refractivity contribution is -0.384. The predicted molar refractivity (Wildman–Crippen MR) is 107 cm³/mol. The van der Waals surface area contributed by atoms with Crippen LogP contribution in [-0.4, -0.2) is 47.4 Å². The maximum atomic E-state index is 12.8. The molecule has 1 saturated heterocycles. The summed E-state index contributed by atoms with van der Waals surface area (Å²) in [5, 5.41) is 13.6. The van der Waals surface area contributed by atoms with Crippen molar-refractivity contribution in [1.29, 1.82) is 0 Å². The Labute approximate surface area is 173 Å². The van der Waals surface area contributed by atoms with E-state index < -0.39 is 26.8 Å². The monoisotopic (exact) mass is 432 g/mol. The maximum absolute atomic E-state index is 12.8. The summed E-state index contributed by atoms with van der Waals surface area (Å²) in [4.78, 5) is 38.1. The number of anilines is 1. The molecule has 1 amide bonds. The molecule has 1 aromatic carbocycles. The molecule has 0 unspecified atom stereocenters. The number of nitrogens with one attached hydrogen (secondary N) is 1. The lowest BCUT2D eigenvalue weighted by Gasteiger charge is -2.30. The van der Waals surface area contributed by atoms with Crippen LogP contribution in [0.2, 0.25) is 0 Å². The van der Waals surface area contributed by atoms with E-state index in [-0.39, 0.29) is 48.0 Å². The molecule has 2 aromatic rings. The Bertz CT molecular complexity index is 1080. The van der Waals surface area contributed by atoms with Crippen LogP contribution in [0.3, 0.4) is 0 Å². The van der Waals surface area contributed by atoms with Crippen molar-refractivity contribution in [2.24, 2.45) is 5.92 Å². The van der Waals surface area contributed by atoms with Gasteiger partial charge < -0.3 is 5.32 Å². The van der Waals surface area contributed by atoms with Crippen molar-refractivity contribution in [2.45, 2.75) is 24.7 Å². The van der Waals surface area contributed by atoms with Gasteiger partial charge in [-0.2, -0.15) is 4.31 Å². The number of amides is 1. The van der Waals surface area contributed by atoms with Crippen LogP contribution in [0.4, 0.5) is 11.4 Å². The van der Waals surface area contributed by atoms with Crippen molar-refractivity contribution in [3.05, 3.63) is 58.4 Å². The molecule has 30 heavy (non-hydrogen) atoms. The van der Waals surface area contributed by atoms with Crippen LogP contribution in [0.5, 0.6) is 0 Å². The second-order valence-electron chi connectivity index (χ2n) is 6.90. The maximum Gasteiger partial charge on any atom is 0.310 e. The van der Waals surface area contributed by atoms with Crippen molar-refractivity contribution >= 4 is 33.1 Å². The molecule has 3 rings (SSSR count). The fourth-order valence-electron chi connectivity index (χ4n) is 3.24. The SMILES string of the molecule is CC(=O)c1ccc(S(=O)(=O)N2CCC(C(=O)Nc3ccncc3[N+](=O)[O-])CC2)cc1. The van der Waals surface area contributed by atoms with Crippen LogP contribution in [0.25, 0.3) is 0 Å². The molecule has 1 aliphatic rings. The molecule has 1 aliphatic heterocycles. The third-order valence-electron chi connectivity index (χ3n) is 4.98. The minimum atomic E-state index is -3.74. The number of rotatable bonds is 6. The van der Waals surface area contributed by atoms with Gasteiger partial charge in [-0.1, -0.05) is 12.1 Å². The molecule has 0 atom stereocenters. The van der Waals surface area contributed by atoms with Gasteiger partial charge in [0.25, 0.3) is 0 Å². The number of sulfonamides is 1. The van der Waals surface area contributed by atoms with Gasteiger partial charge in [0.1, 0.15) is 11.9 Å². The zero-order chi connectivity index (χ0) is 21.9. The summed E-state index contributed by atoms with van der Waals surface area (Å²) in [5.41, 5.74) is 0.176. The Kier molecular flexibility index (Phi) is 6.22. The van der Waals surface area contributed by atoms with Gasteiger partial charge >= 0.3 is 5.69 Å². The second kappa shape index (κ2) is 8.67. The Balaban J connectivity index is 1.65. The Morgan fingerprint density at radius 2 is 1.80 bits per heavy atom. The third-order valence-corrected chi connectivity index (χ3v) is 6.89. The van der Waals surface area contributed by atoms with E-state index in [1.807, 2.05) is 0 Å². The number of nitrogens with zero attached hydrogens (tertiary/aromatic N) is 3. The predicted octanol–water partition coefficient (Wildman–Crippen LogP) is 2.23. The van der Waals surface area contributed by atoms with Gasteiger partial charge in [-0.3, -0.25) is 24.7 Å². The Morgan fingerprint density at radius 3 is 2.37 bits per heavy atom. The molecule has 0 saturated carbocycles. The molecule has 0 aliphatic carbocycles. The number of carbonyl (C=O) groups is 2. The van der Waals surface area contributed by atoms with Crippen LogP contribution >= 0.6 is 0 Å². The largest absolute Gasteiger partial charge is 0.320 e. The lowest BCUT2D eigenvalue weighted by atomic mass is 9.97. The van der Waals surface area contributed by atoms with Crippen LogP contribution in [0.15, 0.2) is 47.6 Å². The van der Waals surface area contributed by atoms with Gasteiger partial charge in [-0.15, -0.1) is 0 Å². The van der Waals surface area contributed by atoms with Crippen molar-refractivity contribution < 1.29 is 22.9 Å². The standard InChI is InChI=1S/C19H20N4O6S/c1-13(24)14-2-4-16(5-3-14)30(28,29)22-10-7-15(8-11-22)19(25)21-17-6-9-20-12-18(17)23(26)27/h2-6,9,12,15H,7-8,10-11H2,1H3,(H,20,21,25). The zero-order valence-electron chi connectivity index (χ0n) is 16.1. The van der Waals surface area contributed by atoms with E-state index >= 15 is 0 Å². The number of nitro groups is 1. The number of Topliss-reactive ketones (excluding diaryl/α,β-unsaturated/α-hetero) is 1. The van der Waals surface area contributed by atoms with Crippen LogP contribution < -0.4 is 5.32 Å². The Hall–Kier alpha value is -3.18. The summed E-state index contributed by atoms with van der Waals surface area (Å²) in [6, 6.07) is 7.08. The highest BCUT2D eigenvalue weighted by Crippen LogP contribution is 2.27. The quantitative estimate of drug-likeness (QED) is 0.419. The number of carbonyl (C=O) groups excluding carboxylic acids is 2. The second-order valence-corrected chi connectivity index (χ2v) is 8.84. The first kappa shape index (κ1) is 21.5. The molecular formula is C19H20N4O6S. The smallest absolute Gasteiger partial charge is 0.310 e. The lowest BCUT2D eigenvalue weighted by Crippen LogP contribution is -2.41. The third kappa shape index (κ3) is 4.52. The Morgan fingerprint density at radius 1 is 1.17 bits per heavy atom. The first-order valence-electron chi connectivity index (χ1n) is 9.20. The van der Waals surface area contributed by atoms with Crippen molar-refractivity contribution in [3.63, 3.8) is 0 Å². The molecule has 11 heteroatoms. The summed E-state index contributed by atoms with van der Waals surface area (Å²) in [6.45, 7) is 1.69. The fraction of sp³-hybridized carbons (Fsp3) is 0.316. The molecule has 2 heterocycles. The van der Waals surface area contributed by atoms with Gasteiger partial charge in [0.05, 0.1) is 9.82 Å². The number of benzene rings is 1. The van der Waals surface area contributed by atoms with E-state index in [0.29, 0.717) is 5.56 Å². The normalized spacial score (nSPS) is 15.5. The van der Waals surface area contributed by atoms with E-state index in [1.54, 1.807) is 0 Å². The summed E-state index contributed by atoms with van der Waals surface area (Å²) in [7, 11) is -3.74. The highest BCUT2D eigenvalue weighted by molar-refractivity contribution is 7.89. The highest BCUT2D eigenvalue weighted by atomic mass is 32.2. The van der Waals surface area contributed by atoms with E-state index in [0.717, 1.165) is 6.20 Å². The van der Waals surface area contributed by atoms with Crippen molar-refractivity contribution in [3.8, 4) is 0 Å². The number of hydrogen-bond acceptors (Lipinski definition) is 7. The summed E-state index contributed by atoms with van der Waals surface area (Å²) in [6.07, 6.45) is 2.97. The molecule has 0 spiro atoms. The van der Waals surface area contributed by atoms with Gasteiger partial charge in [-0.05, 0) is 38.0 Å². The molecule has 10 nitrogen and oxygen atoms in total. The van der Waals surface area contributed by atoms with Crippen LogP contribution in [-0.2, 0) is 14.8 Å². The van der Waals surface area contributed by atoms with E-state index in [1.165, 1.54) is 47.8 Å². The summed E-state index contributed by atoms with van der Waals surface area (Å²) in [5.74, 6) is -1.02. The van der Waals surface area contributed by atoms with Crippen molar-refractivity contribution in [2.75, 3.05) is 18.4 Å². The van der Waals surface area contributed by atoms with Gasteiger partial charge in [0, 0.05) is 30.8 Å². The van der Waals surface area contributed by atoms with Crippen LogP contribution in [0.1, 0.15) is 30.1 Å². The highest BCUT2D eigenvalue weighted by Gasteiger charge is 2.32. The van der Waals surface area contributed by atoms with Gasteiger partial charge in [0.15, 0.2) is 5.78 Å². The minimum Gasteiger partial charge on any atom is -0.320 e. The summed E-state index contributed by atoms with van der Waals surface area (Å²) < 4.78 is 26.9. The topological polar surface area (TPSA) is 140 Å². The van der Waals surface area contributed by atoms with Gasteiger partial charge in [0.2, 0.25) is 15.9 Å².